The molecule has 136 valence electrons. The minimum atomic E-state index is -3.50. The molecule has 6 nitrogen and oxygen atoms in total. The second-order valence-electron chi connectivity index (χ2n) is 5.77. The molecule has 0 radical (unpaired) electrons. The second-order valence-corrected chi connectivity index (χ2v) is 8.92. The van der Waals surface area contributed by atoms with Gasteiger partial charge in [0, 0.05) is 35.5 Å². The SMILES string of the molecule is CN(C)S(=O)(=O)c1ccc(C(=O)NCc2cc(-c3ccco3)cs2)cc1. The third-order valence-corrected chi connectivity index (χ3v) is 6.54. The van der Waals surface area contributed by atoms with Crippen molar-refractivity contribution in [3.8, 4) is 11.3 Å². The maximum Gasteiger partial charge on any atom is 0.251 e. The van der Waals surface area contributed by atoms with Crippen LogP contribution in [-0.4, -0.2) is 32.7 Å². The molecule has 0 bridgehead atoms. The van der Waals surface area contributed by atoms with Gasteiger partial charge in [-0.05, 0) is 42.5 Å². The van der Waals surface area contributed by atoms with Crippen LogP contribution in [0.3, 0.4) is 0 Å². The molecule has 3 rings (SSSR count). The van der Waals surface area contributed by atoms with Gasteiger partial charge in [-0.2, -0.15) is 0 Å². The van der Waals surface area contributed by atoms with Gasteiger partial charge in [0.15, 0.2) is 0 Å². The molecule has 0 atom stereocenters. The highest BCUT2D eigenvalue weighted by atomic mass is 32.2. The van der Waals surface area contributed by atoms with E-state index in [2.05, 4.69) is 5.32 Å². The fraction of sp³-hybridized carbons (Fsp3) is 0.167. The number of carbonyl (C=O) groups is 1. The van der Waals surface area contributed by atoms with Crippen LogP contribution in [0.25, 0.3) is 11.3 Å². The van der Waals surface area contributed by atoms with Crippen molar-refractivity contribution in [2.75, 3.05) is 14.1 Å². The third kappa shape index (κ3) is 3.87. The summed E-state index contributed by atoms with van der Waals surface area (Å²) in [5.41, 5.74) is 1.38. The van der Waals surface area contributed by atoms with E-state index >= 15 is 0 Å². The van der Waals surface area contributed by atoms with Crippen molar-refractivity contribution >= 4 is 27.3 Å². The van der Waals surface area contributed by atoms with Crippen LogP contribution in [0, 0.1) is 0 Å². The Morgan fingerprint density at radius 2 is 1.92 bits per heavy atom. The molecule has 0 aliphatic heterocycles. The van der Waals surface area contributed by atoms with Gasteiger partial charge in [0.25, 0.3) is 5.91 Å². The molecular weight excluding hydrogens is 372 g/mol. The van der Waals surface area contributed by atoms with Crippen LogP contribution >= 0.6 is 11.3 Å². The van der Waals surface area contributed by atoms with Crippen molar-refractivity contribution in [1.29, 1.82) is 0 Å². The highest BCUT2D eigenvalue weighted by Crippen LogP contribution is 2.25. The van der Waals surface area contributed by atoms with Gasteiger partial charge in [-0.1, -0.05) is 0 Å². The van der Waals surface area contributed by atoms with Crippen molar-refractivity contribution in [3.63, 3.8) is 0 Å². The summed E-state index contributed by atoms with van der Waals surface area (Å²) in [6, 6.07) is 11.6. The number of nitrogens with zero attached hydrogens (tertiary/aromatic N) is 1. The first-order valence-electron chi connectivity index (χ1n) is 7.80. The van der Waals surface area contributed by atoms with Crippen LogP contribution in [-0.2, 0) is 16.6 Å². The molecule has 0 aliphatic carbocycles. The maximum absolute atomic E-state index is 12.3. The zero-order chi connectivity index (χ0) is 18.7. The monoisotopic (exact) mass is 390 g/mol. The lowest BCUT2D eigenvalue weighted by molar-refractivity contribution is 0.0951. The minimum absolute atomic E-state index is 0.153. The van der Waals surface area contributed by atoms with E-state index in [1.807, 2.05) is 23.6 Å². The molecule has 26 heavy (non-hydrogen) atoms. The largest absolute Gasteiger partial charge is 0.464 e. The summed E-state index contributed by atoms with van der Waals surface area (Å²) in [7, 11) is -0.567. The van der Waals surface area contributed by atoms with E-state index in [9.17, 15) is 13.2 Å². The number of benzene rings is 1. The molecule has 0 saturated heterocycles. The van der Waals surface area contributed by atoms with Gasteiger partial charge < -0.3 is 9.73 Å². The predicted octanol–water partition coefficient (Wildman–Crippen LogP) is 3.19. The molecule has 3 aromatic rings. The van der Waals surface area contributed by atoms with Crippen molar-refractivity contribution < 1.29 is 17.6 Å². The summed E-state index contributed by atoms with van der Waals surface area (Å²) in [4.78, 5) is 13.4. The molecule has 1 N–H and O–H groups in total. The molecule has 0 unspecified atom stereocenters. The fourth-order valence-corrected chi connectivity index (χ4v) is 4.02. The minimum Gasteiger partial charge on any atom is -0.464 e. The van der Waals surface area contributed by atoms with Crippen molar-refractivity contribution in [2.24, 2.45) is 0 Å². The third-order valence-electron chi connectivity index (χ3n) is 3.78. The van der Waals surface area contributed by atoms with E-state index in [1.54, 1.807) is 6.26 Å². The summed E-state index contributed by atoms with van der Waals surface area (Å²) >= 11 is 1.53. The van der Waals surface area contributed by atoms with Crippen LogP contribution in [0.4, 0.5) is 0 Å². The van der Waals surface area contributed by atoms with Gasteiger partial charge in [0.1, 0.15) is 5.76 Å². The number of rotatable bonds is 6. The van der Waals surface area contributed by atoms with E-state index in [-0.39, 0.29) is 10.8 Å². The number of hydrogen-bond donors (Lipinski definition) is 1. The first-order valence-corrected chi connectivity index (χ1v) is 10.1. The smallest absolute Gasteiger partial charge is 0.251 e. The van der Waals surface area contributed by atoms with Crippen LogP contribution in [0.15, 0.2) is 63.4 Å². The molecule has 1 amide bonds. The number of carbonyl (C=O) groups excluding carboxylic acids is 1. The van der Waals surface area contributed by atoms with Gasteiger partial charge in [0.2, 0.25) is 10.0 Å². The highest BCUT2D eigenvalue weighted by Gasteiger charge is 2.17. The van der Waals surface area contributed by atoms with E-state index in [0.29, 0.717) is 12.1 Å². The molecule has 1 aromatic carbocycles. The van der Waals surface area contributed by atoms with Gasteiger partial charge in [-0.3, -0.25) is 4.79 Å². The number of hydrogen-bond acceptors (Lipinski definition) is 5. The lowest BCUT2D eigenvalue weighted by atomic mass is 10.2. The molecule has 0 spiro atoms. The lowest BCUT2D eigenvalue weighted by Crippen LogP contribution is -2.23. The van der Waals surface area contributed by atoms with Gasteiger partial charge in [-0.15, -0.1) is 11.3 Å². The Labute approximate surface area is 156 Å². The van der Waals surface area contributed by atoms with Gasteiger partial charge in [0.05, 0.1) is 17.7 Å². The van der Waals surface area contributed by atoms with Crippen molar-refractivity contribution in [2.45, 2.75) is 11.4 Å². The van der Waals surface area contributed by atoms with Gasteiger partial charge >= 0.3 is 0 Å². The molecule has 0 saturated carbocycles. The summed E-state index contributed by atoms with van der Waals surface area (Å²) in [5, 5.41) is 4.81. The van der Waals surface area contributed by atoms with Crippen LogP contribution < -0.4 is 5.32 Å². The highest BCUT2D eigenvalue weighted by molar-refractivity contribution is 7.89. The van der Waals surface area contributed by atoms with E-state index in [0.717, 1.165) is 20.5 Å². The Bertz CT molecular complexity index is 988. The average molecular weight is 390 g/mol. The Kier molecular flexibility index (Phi) is 5.26. The van der Waals surface area contributed by atoms with Crippen LogP contribution in [0.2, 0.25) is 0 Å². The maximum atomic E-state index is 12.3. The topological polar surface area (TPSA) is 79.6 Å². The Morgan fingerprint density at radius 1 is 1.19 bits per heavy atom. The molecular formula is C18H18N2O4S2. The normalized spacial score (nSPS) is 11.7. The summed E-state index contributed by atoms with van der Waals surface area (Å²) in [6.07, 6.45) is 1.62. The number of thiophene rings is 1. The van der Waals surface area contributed by atoms with E-state index < -0.39 is 10.0 Å². The predicted molar refractivity (Wildman–Crippen MR) is 101 cm³/mol. The molecule has 2 aromatic heterocycles. The first kappa shape index (κ1) is 18.4. The zero-order valence-electron chi connectivity index (χ0n) is 14.3. The van der Waals surface area contributed by atoms with Gasteiger partial charge in [-0.25, -0.2) is 12.7 Å². The van der Waals surface area contributed by atoms with Crippen molar-refractivity contribution in [1.82, 2.24) is 9.62 Å². The summed E-state index contributed by atoms with van der Waals surface area (Å²) in [6.45, 7) is 0.391. The summed E-state index contributed by atoms with van der Waals surface area (Å²) < 4.78 is 30.6. The molecule has 0 aliphatic rings. The zero-order valence-corrected chi connectivity index (χ0v) is 15.9. The lowest BCUT2D eigenvalue weighted by Gasteiger charge is -2.11. The molecule has 8 heteroatoms. The van der Waals surface area contributed by atoms with E-state index in [1.165, 1.54) is 49.7 Å². The Balaban J connectivity index is 1.64. The number of amides is 1. The summed E-state index contributed by atoms with van der Waals surface area (Å²) in [5.74, 6) is 0.531. The molecule has 2 heterocycles. The number of sulfonamides is 1. The second kappa shape index (κ2) is 7.45. The quantitative estimate of drug-likeness (QED) is 0.701. The Hall–Kier alpha value is -2.42. The van der Waals surface area contributed by atoms with E-state index in [4.69, 9.17) is 4.42 Å². The molecule has 0 fully saturated rings. The van der Waals surface area contributed by atoms with Crippen LogP contribution in [0.5, 0.6) is 0 Å². The Morgan fingerprint density at radius 3 is 2.54 bits per heavy atom. The number of nitrogens with one attached hydrogen (secondary N) is 1. The van der Waals surface area contributed by atoms with Crippen molar-refractivity contribution in [3.05, 3.63) is 64.5 Å². The van der Waals surface area contributed by atoms with Crippen LogP contribution in [0.1, 0.15) is 15.2 Å². The fourth-order valence-electron chi connectivity index (χ4n) is 2.30. The average Bonchev–Trinajstić information content (AvgIpc) is 3.31. The number of furan rings is 1. The standard InChI is InChI=1S/C18H18N2O4S2/c1-20(2)26(22,23)16-7-5-13(6-8-16)18(21)19-11-15-10-14(12-25-15)17-4-3-9-24-17/h3-10,12H,11H2,1-2H3,(H,19,21). The first-order chi connectivity index (χ1) is 12.4.